The third kappa shape index (κ3) is 3.72. The number of benzene rings is 1. The molecule has 0 aliphatic rings. The van der Waals surface area contributed by atoms with Crippen molar-refractivity contribution >= 4 is 5.97 Å². The van der Waals surface area contributed by atoms with Gasteiger partial charge in [0.2, 0.25) is 0 Å². The molecule has 0 amide bonds. The molecular formula is C12H17NO2. The van der Waals surface area contributed by atoms with Crippen LogP contribution in [0.4, 0.5) is 0 Å². The summed E-state index contributed by atoms with van der Waals surface area (Å²) < 4.78 is 4.56. The van der Waals surface area contributed by atoms with Crippen LogP contribution in [-0.4, -0.2) is 19.1 Å². The summed E-state index contributed by atoms with van der Waals surface area (Å²) in [6.07, 6.45) is 1.42. The van der Waals surface area contributed by atoms with Gasteiger partial charge in [-0.3, -0.25) is 4.79 Å². The van der Waals surface area contributed by atoms with Crippen LogP contribution in [0.3, 0.4) is 0 Å². The van der Waals surface area contributed by atoms with E-state index < -0.39 is 6.04 Å². The predicted octanol–water partition coefficient (Wildman–Crippen LogP) is 1.43. The van der Waals surface area contributed by atoms with E-state index >= 15 is 0 Å². The smallest absolute Gasteiger partial charge is 0.322 e. The number of ether oxygens (including phenoxy) is 1. The van der Waals surface area contributed by atoms with Crippen LogP contribution in [0.15, 0.2) is 24.3 Å². The molecule has 0 bridgehead atoms. The number of aryl methyl sites for hydroxylation is 2. The topological polar surface area (TPSA) is 52.3 Å². The van der Waals surface area contributed by atoms with Crippen LogP contribution >= 0.6 is 0 Å². The van der Waals surface area contributed by atoms with Crippen LogP contribution in [-0.2, 0) is 16.0 Å². The monoisotopic (exact) mass is 207 g/mol. The Kier molecular flexibility index (Phi) is 4.31. The quantitative estimate of drug-likeness (QED) is 0.760. The number of hydrogen-bond donors (Lipinski definition) is 1. The predicted molar refractivity (Wildman–Crippen MR) is 59.5 cm³/mol. The molecule has 0 fully saturated rings. The highest BCUT2D eigenvalue weighted by molar-refractivity contribution is 5.75. The first kappa shape index (κ1) is 11.7. The van der Waals surface area contributed by atoms with Gasteiger partial charge in [0.15, 0.2) is 0 Å². The molecule has 1 atom stereocenters. The summed E-state index contributed by atoms with van der Waals surface area (Å²) in [5.41, 5.74) is 8.06. The first-order valence-corrected chi connectivity index (χ1v) is 5.02. The van der Waals surface area contributed by atoms with Gasteiger partial charge in [-0.05, 0) is 25.3 Å². The third-order valence-corrected chi connectivity index (χ3v) is 2.37. The Morgan fingerprint density at radius 1 is 1.40 bits per heavy atom. The summed E-state index contributed by atoms with van der Waals surface area (Å²) in [5.74, 6) is -0.345. The number of methoxy groups -OCH3 is 1. The van der Waals surface area contributed by atoms with Crippen molar-refractivity contribution in [2.45, 2.75) is 25.8 Å². The molecule has 1 unspecified atom stereocenters. The molecule has 0 aliphatic carbocycles. The number of nitrogens with two attached hydrogens (primary N) is 1. The van der Waals surface area contributed by atoms with Crippen LogP contribution in [0.25, 0.3) is 0 Å². The van der Waals surface area contributed by atoms with Crippen molar-refractivity contribution in [2.24, 2.45) is 5.73 Å². The summed E-state index contributed by atoms with van der Waals surface area (Å²) in [6, 6.07) is 7.70. The van der Waals surface area contributed by atoms with Gasteiger partial charge in [0, 0.05) is 0 Å². The number of carbonyl (C=O) groups excluding carboxylic acids is 1. The van der Waals surface area contributed by atoms with Gasteiger partial charge in [-0.15, -0.1) is 0 Å². The van der Waals surface area contributed by atoms with Crippen molar-refractivity contribution in [1.82, 2.24) is 0 Å². The molecule has 0 saturated heterocycles. The summed E-state index contributed by atoms with van der Waals surface area (Å²) in [5, 5.41) is 0. The Morgan fingerprint density at radius 3 is 2.53 bits per heavy atom. The largest absolute Gasteiger partial charge is 0.468 e. The normalized spacial score (nSPS) is 12.2. The van der Waals surface area contributed by atoms with Crippen LogP contribution < -0.4 is 5.73 Å². The molecular weight excluding hydrogens is 190 g/mol. The molecule has 0 spiro atoms. The van der Waals surface area contributed by atoms with E-state index in [-0.39, 0.29) is 5.97 Å². The van der Waals surface area contributed by atoms with Crippen molar-refractivity contribution in [3.05, 3.63) is 35.4 Å². The molecule has 0 radical (unpaired) electrons. The van der Waals surface area contributed by atoms with Crippen molar-refractivity contribution in [2.75, 3.05) is 7.11 Å². The zero-order valence-electron chi connectivity index (χ0n) is 9.19. The lowest BCUT2D eigenvalue weighted by Crippen LogP contribution is -2.31. The SMILES string of the molecule is COC(=O)C(N)CCc1ccc(C)cc1. The van der Waals surface area contributed by atoms with Gasteiger partial charge >= 0.3 is 5.97 Å². The van der Waals surface area contributed by atoms with Gasteiger partial charge in [-0.2, -0.15) is 0 Å². The second-order valence-corrected chi connectivity index (χ2v) is 3.65. The summed E-state index contributed by atoms with van der Waals surface area (Å²) >= 11 is 0. The van der Waals surface area contributed by atoms with E-state index in [9.17, 15) is 4.79 Å². The summed E-state index contributed by atoms with van der Waals surface area (Å²) in [4.78, 5) is 11.0. The Bertz CT molecular complexity index is 319. The first-order chi connectivity index (χ1) is 7.13. The molecule has 1 aromatic rings. The minimum atomic E-state index is -0.517. The second kappa shape index (κ2) is 5.51. The average Bonchev–Trinajstić information content (AvgIpc) is 2.26. The Balaban J connectivity index is 2.43. The highest BCUT2D eigenvalue weighted by Crippen LogP contribution is 2.07. The first-order valence-electron chi connectivity index (χ1n) is 5.02. The van der Waals surface area contributed by atoms with Crippen molar-refractivity contribution in [1.29, 1.82) is 0 Å². The molecule has 1 aromatic carbocycles. The second-order valence-electron chi connectivity index (χ2n) is 3.65. The molecule has 82 valence electrons. The lowest BCUT2D eigenvalue weighted by molar-refractivity contribution is -0.142. The van der Waals surface area contributed by atoms with Gasteiger partial charge in [0.25, 0.3) is 0 Å². The fraction of sp³-hybridized carbons (Fsp3) is 0.417. The van der Waals surface area contributed by atoms with Crippen molar-refractivity contribution in [3.63, 3.8) is 0 Å². The molecule has 2 N–H and O–H groups in total. The van der Waals surface area contributed by atoms with Crippen molar-refractivity contribution < 1.29 is 9.53 Å². The Labute approximate surface area is 90.2 Å². The zero-order valence-corrected chi connectivity index (χ0v) is 9.19. The molecule has 0 heterocycles. The molecule has 15 heavy (non-hydrogen) atoms. The van der Waals surface area contributed by atoms with E-state index in [0.717, 1.165) is 6.42 Å². The van der Waals surface area contributed by atoms with Crippen LogP contribution in [0.2, 0.25) is 0 Å². The highest BCUT2D eigenvalue weighted by atomic mass is 16.5. The lowest BCUT2D eigenvalue weighted by atomic mass is 10.0. The van der Waals surface area contributed by atoms with E-state index in [1.165, 1.54) is 18.2 Å². The van der Waals surface area contributed by atoms with Crippen LogP contribution in [0.1, 0.15) is 17.5 Å². The van der Waals surface area contributed by atoms with E-state index in [1.54, 1.807) is 0 Å². The van der Waals surface area contributed by atoms with Gasteiger partial charge in [0.1, 0.15) is 6.04 Å². The van der Waals surface area contributed by atoms with Gasteiger partial charge in [0.05, 0.1) is 7.11 Å². The van der Waals surface area contributed by atoms with E-state index in [4.69, 9.17) is 5.73 Å². The number of esters is 1. The number of carbonyl (C=O) groups is 1. The highest BCUT2D eigenvalue weighted by Gasteiger charge is 2.12. The standard InChI is InChI=1S/C12H17NO2/c1-9-3-5-10(6-4-9)7-8-11(13)12(14)15-2/h3-6,11H,7-8,13H2,1-2H3. The molecule has 0 aromatic heterocycles. The molecule has 3 nitrogen and oxygen atoms in total. The molecule has 3 heteroatoms. The van der Waals surface area contributed by atoms with Gasteiger partial charge < -0.3 is 10.5 Å². The summed E-state index contributed by atoms with van der Waals surface area (Å²) in [6.45, 7) is 2.05. The maximum atomic E-state index is 11.0. The maximum Gasteiger partial charge on any atom is 0.322 e. The molecule has 0 saturated carbocycles. The van der Waals surface area contributed by atoms with Crippen LogP contribution in [0, 0.1) is 6.92 Å². The Hall–Kier alpha value is -1.35. The number of rotatable bonds is 4. The fourth-order valence-corrected chi connectivity index (χ4v) is 1.35. The minimum Gasteiger partial charge on any atom is -0.468 e. The average molecular weight is 207 g/mol. The van der Waals surface area contributed by atoms with Gasteiger partial charge in [-0.25, -0.2) is 0 Å². The Morgan fingerprint density at radius 2 is 2.00 bits per heavy atom. The van der Waals surface area contributed by atoms with Crippen LogP contribution in [0.5, 0.6) is 0 Å². The fourth-order valence-electron chi connectivity index (χ4n) is 1.35. The third-order valence-electron chi connectivity index (χ3n) is 2.37. The number of hydrogen-bond acceptors (Lipinski definition) is 3. The van der Waals surface area contributed by atoms with E-state index in [1.807, 2.05) is 6.92 Å². The molecule has 1 rings (SSSR count). The van der Waals surface area contributed by atoms with E-state index in [2.05, 4.69) is 29.0 Å². The lowest BCUT2D eigenvalue weighted by Gasteiger charge is -2.08. The molecule has 0 aliphatic heterocycles. The van der Waals surface area contributed by atoms with Gasteiger partial charge in [-0.1, -0.05) is 29.8 Å². The minimum absolute atomic E-state index is 0.345. The maximum absolute atomic E-state index is 11.0. The van der Waals surface area contributed by atoms with Crippen molar-refractivity contribution in [3.8, 4) is 0 Å². The zero-order chi connectivity index (χ0) is 11.3. The van der Waals surface area contributed by atoms with E-state index in [0.29, 0.717) is 6.42 Å². The summed E-state index contributed by atoms with van der Waals surface area (Å²) in [7, 11) is 1.36.